The van der Waals surface area contributed by atoms with E-state index in [2.05, 4.69) is 5.32 Å². The largest absolute Gasteiger partial charge is 0.483 e. The lowest BCUT2D eigenvalue weighted by Crippen LogP contribution is -2.31. The van der Waals surface area contributed by atoms with E-state index in [0.29, 0.717) is 27.8 Å². The number of Topliss-reactive ketones (excluding diaryl/α,β-unsaturated/α-hetero) is 1. The van der Waals surface area contributed by atoms with Gasteiger partial charge in [-0.3, -0.25) is 9.59 Å². The highest BCUT2D eigenvalue weighted by Gasteiger charge is 2.14. The number of amides is 1. The number of rotatable bonds is 7. The molecule has 6 heteroatoms. The van der Waals surface area contributed by atoms with Gasteiger partial charge in [0, 0.05) is 16.5 Å². The normalized spacial score (nSPS) is 11.7. The average molecular weight is 380 g/mol. The molecule has 0 unspecified atom stereocenters. The summed E-state index contributed by atoms with van der Waals surface area (Å²) in [5.74, 6) is -0.0377. The molecule has 0 aliphatic heterocycles. The highest BCUT2D eigenvalue weighted by Crippen LogP contribution is 2.24. The maximum Gasteiger partial charge on any atom is 0.258 e. The zero-order valence-corrected chi connectivity index (χ0v) is 15.5. The van der Waals surface area contributed by atoms with Gasteiger partial charge < -0.3 is 10.1 Å². The van der Waals surface area contributed by atoms with Gasteiger partial charge in [-0.1, -0.05) is 42.3 Å². The Bertz CT molecular complexity index is 777. The molecule has 0 radical (unpaired) electrons. The molecule has 0 heterocycles. The Hall–Kier alpha value is -2.04. The van der Waals surface area contributed by atoms with Crippen molar-refractivity contribution in [2.24, 2.45) is 0 Å². The molecule has 1 amide bonds. The van der Waals surface area contributed by atoms with Crippen molar-refractivity contribution in [2.75, 3.05) is 6.61 Å². The van der Waals surface area contributed by atoms with Gasteiger partial charge in [-0.25, -0.2) is 0 Å². The van der Waals surface area contributed by atoms with Gasteiger partial charge in [0.15, 0.2) is 12.4 Å². The number of carbonyl (C=O) groups is 2. The molecule has 2 aromatic carbocycles. The monoisotopic (exact) mass is 379 g/mol. The van der Waals surface area contributed by atoms with Gasteiger partial charge in [-0.05, 0) is 42.8 Å². The van der Waals surface area contributed by atoms with Crippen LogP contribution in [0.4, 0.5) is 0 Å². The SMILES string of the molecule is CCC(=O)c1cc(Cl)ccc1OCC(=O)N[C@H](C)c1cccc(Cl)c1. The summed E-state index contributed by atoms with van der Waals surface area (Å²) in [7, 11) is 0. The van der Waals surface area contributed by atoms with Crippen LogP contribution in [-0.4, -0.2) is 18.3 Å². The van der Waals surface area contributed by atoms with E-state index in [1.54, 1.807) is 37.3 Å². The van der Waals surface area contributed by atoms with E-state index in [9.17, 15) is 9.59 Å². The van der Waals surface area contributed by atoms with Crippen molar-refractivity contribution >= 4 is 34.9 Å². The Morgan fingerprint density at radius 2 is 1.84 bits per heavy atom. The van der Waals surface area contributed by atoms with Gasteiger partial charge in [0.25, 0.3) is 5.91 Å². The van der Waals surface area contributed by atoms with Crippen LogP contribution >= 0.6 is 23.2 Å². The molecule has 4 nitrogen and oxygen atoms in total. The summed E-state index contributed by atoms with van der Waals surface area (Å²) >= 11 is 11.9. The van der Waals surface area contributed by atoms with Crippen molar-refractivity contribution in [3.05, 3.63) is 63.6 Å². The molecule has 1 N–H and O–H groups in total. The lowest BCUT2D eigenvalue weighted by Gasteiger charge is -2.16. The molecule has 0 aliphatic rings. The van der Waals surface area contributed by atoms with E-state index in [1.165, 1.54) is 0 Å². The van der Waals surface area contributed by atoms with E-state index >= 15 is 0 Å². The summed E-state index contributed by atoms with van der Waals surface area (Å²) in [4.78, 5) is 24.1. The van der Waals surface area contributed by atoms with Crippen LogP contribution in [0, 0.1) is 0 Å². The van der Waals surface area contributed by atoms with Gasteiger partial charge in [0.1, 0.15) is 5.75 Å². The van der Waals surface area contributed by atoms with Gasteiger partial charge in [0.2, 0.25) is 0 Å². The molecule has 0 saturated carbocycles. The molecule has 132 valence electrons. The lowest BCUT2D eigenvalue weighted by atomic mass is 10.1. The van der Waals surface area contributed by atoms with E-state index in [0.717, 1.165) is 5.56 Å². The zero-order valence-electron chi connectivity index (χ0n) is 14.0. The molecular weight excluding hydrogens is 361 g/mol. The second-order valence-electron chi connectivity index (χ2n) is 5.55. The molecule has 0 saturated heterocycles. The number of halogens is 2. The summed E-state index contributed by atoms with van der Waals surface area (Å²) in [6, 6.07) is 11.8. The van der Waals surface area contributed by atoms with Gasteiger partial charge in [-0.15, -0.1) is 0 Å². The second kappa shape index (κ2) is 8.88. The van der Waals surface area contributed by atoms with Gasteiger partial charge in [0.05, 0.1) is 11.6 Å². The topological polar surface area (TPSA) is 55.4 Å². The van der Waals surface area contributed by atoms with Crippen LogP contribution in [0.3, 0.4) is 0 Å². The molecule has 0 aromatic heterocycles. The van der Waals surface area contributed by atoms with Crippen LogP contribution in [0.5, 0.6) is 5.75 Å². The summed E-state index contributed by atoms with van der Waals surface area (Å²) in [5, 5.41) is 3.89. The minimum absolute atomic E-state index is 0.0924. The molecule has 25 heavy (non-hydrogen) atoms. The fourth-order valence-electron chi connectivity index (χ4n) is 2.32. The second-order valence-corrected chi connectivity index (χ2v) is 6.42. The molecular formula is C19H19Cl2NO3. The number of benzene rings is 2. The minimum atomic E-state index is -0.294. The van der Waals surface area contributed by atoms with Crippen molar-refractivity contribution in [1.82, 2.24) is 5.32 Å². The highest BCUT2D eigenvalue weighted by molar-refractivity contribution is 6.31. The summed E-state index contributed by atoms with van der Waals surface area (Å²) in [6.07, 6.45) is 0.328. The van der Waals surface area contributed by atoms with Crippen molar-refractivity contribution in [3.63, 3.8) is 0 Å². The molecule has 0 aliphatic carbocycles. The Labute approximate surface area is 157 Å². The van der Waals surface area contributed by atoms with Crippen LogP contribution in [0.25, 0.3) is 0 Å². The van der Waals surface area contributed by atoms with Crippen LogP contribution in [0.2, 0.25) is 10.0 Å². The van der Waals surface area contributed by atoms with Crippen molar-refractivity contribution in [2.45, 2.75) is 26.3 Å². The van der Waals surface area contributed by atoms with Crippen LogP contribution < -0.4 is 10.1 Å². The van der Waals surface area contributed by atoms with E-state index in [4.69, 9.17) is 27.9 Å². The van der Waals surface area contributed by atoms with E-state index < -0.39 is 0 Å². The van der Waals surface area contributed by atoms with Crippen molar-refractivity contribution in [3.8, 4) is 5.75 Å². The molecule has 0 bridgehead atoms. The maximum atomic E-state index is 12.1. The third-order valence-corrected chi connectivity index (χ3v) is 4.12. The van der Waals surface area contributed by atoms with Gasteiger partial charge >= 0.3 is 0 Å². The van der Waals surface area contributed by atoms with Crippen LogP contribution in [-0.2, 0) is 4.79 Å². The van der Waals surface area contributed by atoms with Crippen molar-refractivity contribution < 1.29 is 14.3 Å². The van der Waals surface area contributed by atoms with Crippen LogP contribution in [0.15, 0.2) is 42.5 Å². The van der Waals surface area contributed by atoms with Crippen molar-refractivity contribution in [1.29, 1.82) is 0 Å². The molecule has 0 fully saturated rings. The standard InChI is InChI=1S/C19H19Cl2NO3/c1-3-17(23)16-10-15(21)7-8-18(16)25-11-19(24)22-12(2)13-5-4-6-14(20)9-13/h4-10,12H,3,11H2,1-2H3,(H,22,24)/t12-/m1/s1. The van der Waals surface area contributed by atoms with Gasteiger partial charge in [-0.2, -0.15) is 0 Å². The van der Waals surface area contributed by atoms with E-state index in [-0.39, 0.29) is 24.3 Å². The number of ketones is 1. The number of ether oxygens (including phenoxy) is 1. The Kier molecular flexibility index (Phi) is 6.85. The third kappa shape index (κ3) is 5.48. The molecule has 1 atom stereocenters. The highest BCUT2D eigenvalue weighted by atomic mass is 35.5. The molecule has 2 aromatic rings. The first-order valence-corrected chi connectivity index (χ1v) is 8.66. The van der Waals surface area contributed by atoms with Crippen LogP contribution in [0.1, 0.15) is 42.2 Å². The first-order valence-electron chi connectivity index (χ1n) is 7.91. The Morgan fingerprint density at radius 1 is 1.12 bits per heavy atom. The molecule has 2 rings (SSSR count). The fraction of sp³-hybridized carbons (Fsp3) is 0.263. The average Bonchev–Trinajstić information content (AvgIpc) is 2.59. The number of hydrogen-bond acceptors (Lipinski definition) is 3. The van der Waals surface area contributed by atoms with E-state index in [1.807, 2.05) is 19.1 Å². The predicted octanol–water partition coefficient (Wildman–Crippen LogP) is 4.84. The first kappa shape index (κ1) is 19.3. The number of nitrogens with one attached hydrogen (secondary N) is 1. The number of carbonyl (C=O) groups excluding carboxylic acids is 2. The quantitative estimate of drug-likeness (QED) is 0.700. The summed E-state index contributed by atoms with van der Waals surface area (Å²) in [6.45, 7) is 3.42. The summed E-state index contributed by atoms with van der Waals surface area (Å²) in [5.41, 5.74) is 1.28. The number of hydrogen-bond donors (Lipinski definition) is 1. The first-order chi connectivity index (χ1) is 11.9. The summed E-state index contributed by atoms with van der Waals surface area (Å²) < 4.78 is 5.52. The zero-order chi connectivity index (χ0) is 18.4. The Balaban J connectivity index is 1.99. The fourth-order valence-corrected chi connectivity index (χ4v) is 2.69. The Morgan fingerprint density at radius 3 is 2.52 bits per heavy atom. The minimum Gasteiger partial charge on any atom is -0.483 e. The lowest BCUT2D eigenvalue weighted by molar-refractivity contribution is -0.123. The predicted molar refractivity (Wildman–Crippen MR) is 99.6 cm³/mol. The maximum absolute atomic E-state index is 12.1. The molecule has 0 spiro atoms. The third-order valence-electron chi connectivity index (χ3n) is 3.65. The smallest absolute Gasteiger partial charge is 0.258 e.